The normalized spacial score (nSPS) is 10.9. The molecule has 1 aromatic carbocycles. The Balaban J connectivity index is 2.77. The second-order valence-corrected chi connectivity index (χ2v) is 3.37. The Morgan fingerprint density at radius 3 is 2.85 bits per heavy atom. The van der Waals surface area contributed by atoms with Crippen molar-refractivity contribution in [3.8, 4) is 0 Å². The summed E-state index contributed by atoms with van der Waals surface area (Å²) in [4.78, 5) is 0. The van der Waals surface area contributed by atoms with Gasteiger partial charge in [-0.1, -0.05) is 18.2 Å². The number of rotatable bonds is 3. The Morgan fingerprint density at radius 2 is 2.23 bits per heavy atom. The number of alkyl halides is 1. The van der Waals surface area contributed by atoms with Gasteiger partial charge in [-0.05, 0) is 36.6 Å². The van der Waals surface area contributed by atoms with Gasteiger partial charge in [0.05, 0.1) is 0 Å². The minimum Gasteiger partial charge on any atom is -0.399 e. The summed E-state index contributed by atoms with van der Waals surface area (Å²) in [6.45, 7) is 2.05. The van der Waals surface area contributed by atoms with Crippen molar-refractivity contribution in [2.75, 3.05) is 11.6 Å². The standard InChI is InChI=1S/C11H14ClN/c1-9-8-11(13)6-5-10(9)4-2-3-7-12/h2,4-6,8H,3,7,13H2,1H3. The number of benzene rings is 1. The van der Waals surface area contributed by atoms with Crippen molar-refractivity contribution < 1.29 is 0 Å². The van der Waals surface area contributed by atoms with Gasteiger partial charge >= 0.3 is 0 Å². The summed E-state index contributed by atoms with van der Waals surface area (Å²) in [7, 11) is 0. The molecule has 0 unspecified atom stereocenters. The highest BCUT2D eigenvalue weighted by Crippen LogP contribution is 2.14. The van der Waals surface area contributed by atoms with E-state index in [4.69, 9.17) is 17.3 Å². The summed E-state index contributed by atoms with van der Waals surface area (Å²) in [5.74, 6) is 0.671. The maximum absolute atomic E-state index is 5.64. The van der Waals surface area contributed by atoms with E-state index in [1.807, 2.05) is 18.2 Å². The molecule has 0 spiro atoms. The van der Waals surface area contributed by atoms with Crippen LogP contribution in [0.5, 0.6) is 0 Å². The number of anilines is 1. The molecule has 0 aliphatic carbocycles. The summed E-state index contributed by atoms with van der Waals surface area (Å²) < 4.78 is 0. The van der Waals surface area contributed by atoms with Gasteiger partial charge in [0.2, 0.25) is 0 Å². The van der Waals surface area contributed by atoms with Gasteiger partial charge in [-0.2, -0.15) is 0 Å². The van der Waals surface area contributed by atoms with Gasteiger partial charge in [-0.25, -0.2) is 0 Å². The third kappa shape index (κ3) is 3.11. The molecule has 70 valence electrons. The van der Waals surface area contributed by atoms with E-state index < -0.39 is 0 Å². The molecule has 1 aromatic rings. The van der Waals surface area contributed by atoms with E-state index in [1.165, 1.54) is 11.1 Å². The summed E-state index contributed by atoms with van der Waals surface area (Å²) >= 11 is 5.56. The van der Waals surface area contributed by atoms with Gasteiger partial charge in [0.1, 0.15) is 0 Å². The van der Waals surface area contributed by atoms with E-state index in [9.17, 15) is 0 Å². The number of hydrogen-bond donors (Lipinski definition) is 1. The zero-order valence-electron chi connectivity index (χ0n) is 7.76. The summed E-state index contributed by atoms with van der Waals surface area (Å²) in [5.41, 5.74) is 8.86. The molecule has 0 bridgehead atoms. The zero-order valence-corrected chi connectivity index (χ0v) is 8.51. The van der Waals surface area contributed by atoms with Crippen LogP contribution in [0.4, 0.5) is 5.69 Å². The number of halogens is 1. The smallest absolute Gasteiger partial charge is 0.0317 e. The van der Waals surface area contributed by atoms with Gasteiger partial charge in [0, 0.05) is 11.6 Å². The molecular weight excluding hydrogens is 182 g/mol. The Labute approximate surface area is 84.2 Å². The highest BCUT2D eigenvalue weighted by molar-refractivity contribution is 6.17. The maximum Gasteiger partial charge on any atom is 0.0317 e. The van der Waals surface area contributed by atoms with Gasteiger partial charge in [-0.3, -0.25) is 0 Å². The maximum atomic E-state index is 5.64. The second kappa shape index (κ2) is 4.93. The van der Waals surface area contributed by atoms with Crippen molar-refractivity contribution in [1.82, 2.24) is 0 Å². The van der Waals surface area contributed by atoms with Gasteiger partial charge in [0.15, 0.2) is 0 Å². The SMILES string of the molecule is Cc1cc(N)ccc1C=CCCCl. The van der Waals surface area contributed by atoms with E-state index >= 15 is 0 Å². The Morgan fingerprint density at radius 1 is 1.46 bits per heavy atom. The molecule has 2 heteroatoms. The lowest BCUT2D eigenvalue weighted by Gasteiger charge is -2.00. The lowest BCUT2D eigenvalue weighted by atomic mass is 10.1. The molecule has 2 N–H and O–H groups in total. The largest absolute Gasteiger partial charge is 0.399 e. The van der Waals surface area contributed by atoms with Crippen molar-refractivity contribution in [3.63, 3.8) is 0 Å². The average molecular weight is 196 g/mol. The number of allylic oxidation sites excluding steroid dienone is 1. The monoisotopic (exact) mass is 195 g/mol. The van der Waals surface area contributed by atoms with E-state index in [0.29, 0.717) is 5.88 Å². The van der Waals surface area contributed by atoms with Crippen LogP contribution < -0.4 is 5.73 Å². The molecule has 0 saturated heterocycles. The van der Waals surface area contributed by atoms with Crippen LogP contribution in [0.3, 0.4) is 0 Å². The van der Waals surface area contributed by atoms with Crippen molar-refractivity contribution in [1.29, 1.82) is 0 Å². The first-order valence-corrected chi connectivity index (χ1v) is 4.86. The van der Waals surface area contributed by atoms with Crippen LogP contribution in [-0.4, -0.2) is 5.88 Å². The molecular formula is C11H14ClN. The fourth-order valence-corrected chi connectivity index (χ4v) is 1.29. The number of hydrogen-bond acceptors (Lipinski definition) is 1. The predicted octanol–water partition coefficient (Wildman–Crippen LogP) is 3.22. The van der Waals surface area contributed by atoms with Gasteiger partial charge in [-0.15, -0.1) is 11.6 Å². The molecule has 0 aromatic heterocycles. The fraction of sp³-hybridized carbons (Fsp3) is 0.273. The molecule has 1 nitrogen and oxygen atoms in total. The van der Waals surface area contributed by atoms with E-state index in [2.05, 4.69) is 19.1 Å². The summed E-state index contributed by atoms with van der Waals surface area (Å²) in [5, 5.41) is 0. The van der Waals surface area contributed by atoms with E-state index in [-0.39, 0.29) is 0 Å². The van der Waals surface area contributed by atoms with Crippen LogP contribution >= 0.6 is 11.6 Å². The highest BCUT2D eigenvalue weighted by Gasteiger charge is 1.93. The van der Waals surface area contributed by atoms with Crippen molar-refractivity contribution in [2.45, 2.75) is 13.3 Å². The van der Waals surface area contributed by atoms with Crippen LogP contribution in [0.2, 0.25) is 0 Å². The molecule has 0 fully saturated rings. The summed E-state index contributed by atoms with van der Waals surface area (Å²) in [6.07, 6.45) is 5.06. The Hall–Kier alpha value is -0.950. The van der Waals surface area contributed by atoms with Crippen molar-refractivity contribution in [2.24, 2.45) is 0 Å². The first-order chi connectivity index (χ1) is 6.24. The first-order valence-electron chi connectivity index (χ1n) is 4.32. The van der Waals surface area contributed by atoms with E-state index in [1.54, 1.807) is 0 Å². The van der Waals surface area contributed by atoms with Gasteiger partial charge in [0.25, 0.3) is 0 Å². The molecule has 0 radical (unpaired) electrons. The molecule has 0 aliphatic rings. The minimum atomic E-state index is 0.671. The first kappa shape index (κ1) is 10.1. The number of nitrogens with two attached hydrogens (primary N) is 1. The molecule has 0 atom stereocenters. The van der Waals surface area contributed by atoms with Crippen molar-refractivity contribution >= 4 is 23.4 Å². The Bertz CT molecular complexity index is 305. The Kier molecular flexibility index (Phi) is 3.84. The van der Waals surface area contributed by atoms with Gasteiger partial charge < -0.3 is 5.73 Å². The molecule has 1 rings (SSSR count). The lowest BCUT2D eigenvalue weighted by Crippen LogP contribution is -1.87. The van der Waals surface area contributed by atoms with Crippen LogP contribution in [0.25, 0.3) is 6.08 Å². The predicted molar refractivity (Wildman–Crippen MR) is 60.0 cm³/mol. The van der Waals surface area contributed by atoms with Crippen molar-refractivity contribution in [3.05, 3.63) is 35.4 Å². The lowest BCUT2D eigenvalue weighted by molar-refractivity contribution is 1.24. The highest BCUT2D eigenvalue weighted by atomic mass is 35.5. The summed E-state index contributed by atoms with van der Waals surface area (Å²) in [6, 6.07) is 5.91. The van der Waals surface area contributed by atoms with Crippen LogP contribution in [0, 0.1) is 6.92 Å². The molecule has 0 heterocycles. The molecule has 0 amide bonds. The minimum absolute atomic E-state index is 0.671. The fourth-order valence-electron chi connectivity index (χ4n) is 1.16. The quantitative estimate of drug-likeness (QED) is 0.582. The van der Waals surface area contributed by atoms with Crippen LogP contribution in [0.15, 0.2) is 24.3 Å². The third-order valence-corrected chi connectivity index (χ3v) is 2.09. The second-order valence-electron chi connectivity index (χ2n) is 3.00. The zero-order chi connectivity index (χ0) is 9.68. The number of aryl methyl sites for hydroxylation is 1. The van der Waals surface area contributed by atoms with Crippen LogP contribution in [-0.2, 0) is 0 Å². The van der Waals surface area contributed by atoms with Crippen LogP contribution in [0.1, 0.15) is 17.5 Å². The molecule has 13 heavy (non-hydrogen) atoms. The van der Waals surface area contributed by atoms with E-state index in [0.717, 1.165) is 12.1 Å². The number of nitrogen functional groups attached to an aromatic ring is 1. The molecule has 0 saturated carbocycles. The third-order valence-electron chi connectivity index (χ3n) is 1.87. The molecule has 0 aliphatic heterocycles. The average Bonchev–Trinajstić information content (AvgIpc) is 2.09. The topological polar surface area (TPSA) is 26.0 Å².